The van der Waals surface area contributed by atoms with Gasteiger partial charge in [-0.3, -0.25) is 9.59 Å². The normalized spacial score (nSPS) is 18.4. The third-order valence-electron chi connectivity index (χ3n) is 3.83. The Morgan fingerprint density at radius 2 is 2.19 bits per heavy atom. The molecule has 0 aliphatic carbocycles. The van der Waals surface area contributed by atoms with E-state index in [1.807, 2.05) is 31.2 Å². The maximum atomic E-state index is 12.4. The number of piperidine rings is 1. The maximum absolute atomic E-state index is 12.4. The number of hydrogen-bond donors (Lipinski definition) is 0. The van der Waals surface area contributed by atoms with Gasteiger partial charge in [0.05, 0.1) is 18.9 Å². The molecule has 1 fully saturated rings. The highest BCUT2D eigenvalue weighted by molar-refractivity contribution is 5.80. The number of carbonyl (C=O) groups excluding carboxylic acids is 2. The smallest absolute Gasteiger partial charge is 0.310 e. The number of hydrogen-bond acceptors (Lipinski definition) is 3. The number of amides is 1. The van der Waals surface area contributed by atoms with Gasteiger partial charge in [0.1, 0.15) is 0 Å². The number of benzene rings is 1. The van der Waals surface area contributed by atoms with E-state index < -0.39 is 0 Å². The van der Waals surface area contributed by atoms with Gasteiger partial charge in [0.15, 0.2) is 0 Å². The summed E-state index contributed by atoms with van der Waals surface area (Å²) in [6, 6.07) is 7.99. The van der Waals surface area contributed by atoms with Crippen LogP contribution in [-0.4, -0.2) is 36.5 Å². The van der Waals surface area contributed by atoms with Crippen molar-refractivity contribution in [3.8, 4) is 0 Å². The van der Waals surface area contributed by atoms with Gasteiger partial charge >= 0.3 is 5.97 Å². The molecular formula is C17H23NO3. The summed E-state index contributed by atoms with van der Waals surface area (Å²) in [4.78, 5) is 26.0. The van der Waals surface area contributed by atoms with Crippen LogP contribution in [0.5, 0.6) is 0 Å². The summed E-state index contributed by atoms with van der Waals surface area (Å²) in [5.41, 5.74) is 2.18. The quantitative estimate of drug-likeness (QED) is 0.799. The Bertz CT molecular complexity index is 513. The molecule has 1 aromatic rings. The van der Waals surface area contributed by atoms with Gasteiger partial charge in [0, 0.05) is 13.1 Å². The minimum atomic E-state index is -0.175. The van der Waals surface area contributed by atoms with Gasteiger partial charge in [-0.1, -0.05) is 29.8 Å². The predicted octanol–water partition coefficient (Wildman–Crippen LogP) is 2.34. The van der Waals surface area contributed by atoms with Crippen LogP contribution in [0, 0.1) is 12.8 Å². The van der Waals surface area contributed by atoms with Crippen LogP contribution >= 0.6 is 0 Å². The molecule has 2 rings (SSSR count). The lowest BCUT2D eigenvalue weighted by Crippen LogP contribution is -2.43. The molecule has 0 bridgehead atoms. The summed E-state index contributed by atoms with van der Waals surface area (Å²) in [7, 11) is 0. The number of nitrogens with zero attached hydrogens (tertiary/aromatic N) is 1. The van der Waals surface area contributed by atoms with Gasteiger partial charge in [-0.25, -0.2) is 0 Å². The standard InChI is InChI=1S/C17H23NO3/c1-3-21-17(20)15-8-5-9-18(12-15)16(19)11-14-7-4-6-13(2)10-14/h4,6-7,10,15H,3,5,8-9,11-12H2,1-2H3. The summed E-state index contributed by atoms with van der Waals surface area (Å²) in [5.74, 6) is -0.250. The van der Waals surface area contributed by atoms with Crippen LogP contribution in [0.4, 0.5) is 0 Å². The summed E-state index contributed by atoms with van der Waals surface area (Å²) in [6.45, 7) is 5.45. The highest BCUT2D eigenvalue weighted by atomic mass is 16.5. The molecule has 1 aromatic carbocycles. The predicted molar refractivity (Wildman–Crippen MR) is 80.8 cm³/mol. The van der Waals surface area contributed by atoms with Gasteiger partial charge in [-0.2, -0.15) is 0 Å². The molecule has 114 valence electrons. The van der Waals surface area contributed by atoms with E-state index in [0.29, 0.717) is 19.6 Å². The SMILES string of the molecule is CCOC(=O)C1CCCN(C(=O)Cc2cccc(C)c2)C1. The Morgan fingerprint density at radius 1 is 1.38 bits per heavy atom. The average molecular weight is 289 g/mol. The van der Waals surface area contributed by atoms with Gasteiger partial charge in [-0.05, 0) is 32.3 Å². The highest BCUT2D eigenvalue weighted by Gasteiger charge is 2.29. The Kier molecular flexibility index (Phi) is 5.37. The first-order valence-corrected chi connectivity index (χ1v) is 7.60. The summed E-state index contributed by atoms with van der Waals surface area (Å²) in [5, 5.41) is 0. The van der Waals surface area contributed by atoms with E-state index in [-0.39, 0.29) is 17.8 Å². The van der Waals surface area contributed by atoms with E-state index in [4.69, 9.17) is 4.74 Å². The van der Waals surface area contributed by atoms with Crippen molar-refractivity contribution in [3.05, 3.63) is 35.4 Å². The topological polar surface area (TPSA) is 46.6 Å². The number of esters is 1. The van der Waals surface area contributed by atoms with Gasteiger partial charge < -0.3 is 9.64 Å². The Hall–Kier alpha value is -1.84. The molecule has 4 nitrogen and oxygen atoms in total. The van der Waals surface area contributed by atoms with E-state index in [1.165, 1.54) is 0 Å². The van der Waals surface area contributed by atoms with E-state index in [1.54, 1.807) is 11.8 Å². The first kappa shape index (κ1) is 15.5. The van der Waals surface area contributed by atoms with Gasteiger partial charge in [0.25, 0.3) is 0 Å². The average Bonchev–Trinajstić information content (AvgIpc) is 2.47. The molecule has 21 heavy (non-hydrogen) atoms. The van der Waals surface area contributed by atoms with Crippen molar-refractivity contribution in [2.45, 2.75) is 33.1 Å². The molecule has 1 aliphatic heterocycles. The lowest BCUT2D eigenvalue weighted by molar-refractivity contribution is -0.151. The van der Waals surface area contributed by atoms with Gasteiger partial charge in [0.2, 0.25) is 5.91 Å². The molecule has 0 N–H and O–H groups in total. The van der Waals surface area contributed by atoms with Crippen LogP contribution in [0.3, 0.4) is 0 Å². The molecular weight excluding hydrogens is 266 g/mol. The zero-order valence-corrected chi connectivity index (χ0v) is 12.8. The van der Waals surface area contributed by atoms with Crippen molar-refractivity contribution in [1.82, 2.24) is 4.90 Å². The van der Waals surface area contributed by atoms with Crippen molar-refractivity contribution in [3.63, 3.8) is 0 Å². The summed E-state index contributed by atoms with van der Waals surface area (Å²) < 4.78 is 5.07. The molecule has 0 radical (unpaired) electrons. The zero-order valence-electron chi connectivity index (χ0n) is 12.8. The van der Waals surface area contributed by atoms with Crippen LogP contribution in [0.1, 0.15) is 30.9 Å². The zero-order chi connectivity index (χ0) is 15.2. The summed E-state index contributed by atoms with van der Waals surface area (Å²) >= 11 is 0. The van der Waals surface area contributed by atoms with Crippen LogP contribution in [-0.2, 0) is 20.7 Å². The first-order chi connectivity index (χ1) is 10.1. The van der Waals surface area contributed by atoms with Crippen molar-refractivity contribution < 1.29 is 14.3 Å². The minimum Gasteiger partial charge on any atom is -0.466 e. The molecule has 0 saturated carbocycles. The number of likely N-dealkylation sites (tertiary alicyclic amines) is 1. The van der Waals surface area contributed by atoms with Crippen LogP contribution in [0.25, 0.3) is 0 Å². The Morgan fingerprint density at radius 3 is 2.90 bits per heavy atom. The molecule has 0 aromatic heterocycles. The van der Waals surface area contributed by atoms with E-state index in [0.717, 1.165) is 30.5 Å². The van der Waals surface area contributed by atoms with Crippen LogP contribution in [0.2, 0.25) is 0 Å². The third kappa shape index (κ3) is 4.31. The first-order valence-electron chi connectivity index (χ1n) is 7.60. The fourth-order valence-corrected chi connectivity index (χ4v) is 2.76. The number of rotatable bonds is 4. The lowest BCUT2D eigenvalue weighted by Gasteiger charge is -2.31. The second-order valence-corrected chi connectivity index (χ2v) is 5.60. The Balaban J connectivity index is 1.94. The van der Waals surface area contributed by atoms with Crippen LogP contribution < -0.4 is 0 Å². The lowest BCUT2D eigenvalue weighted by atomic mass is 9.97. The maximum Gasteiger partial charge on any atom is 0.310 e. The monoisotopic (exact) mass is 289 g/mol. The molecule has 1 atom stereocenters. The van der Waals surface area contributed by atoms with Gasteiger partial charge in [-0.15, -0.1) is 0 Å². The minimum absolute atomic E-state index is 0.0922. The summed E-state index contributed by atoms with van der Waals surface area (Å²) in [6.07, 6.45) is 2.08. The van der Waals surface area contributed by atoms with Crippen molar-refractivity contribution in [2.75, 3.05) is 19.7 Å². The number of carbonyl (C=O) groups is 2. The third-order valence-corrected chi connectivity index (χ3v) is 3.83. The van der Waals surface area contributed by atoms with Crippen molar-refractivity contribution in [1.29, 1.82) is 0 Å². The second kappa shape index (κ2) is 7.25. The fraction of sp³-hybridized carbons (Fsp3) is 0.529. The van der Waals surface area contributed by atoms with Crippen molar-refractivity contribution >= 4 is 11.9 Å². The van der Waals surface area contributed by atoms with E-state index in [2.05, 4.69) is 0 Å². The van der Waals surface area contributed by atoms with E-state index >= 15 is 0 Å². The Labute approximate surface area is 126 Å². The molecule has 1 heterocycles. The highest BCUT2D eigenvalue weighted by Crippen LogP contribution is 2.19. The molecule has 0 spiro atoms. The van der Waals surface area contributed by atoms with E-state index in [9.17, 15) is 9.59 Å². The molecule has 4 heteroatoms. The van der Waals surface area contributed by atoms with Crippen LogP contribution in [0.15, 0.2) is 24.3 Å². The molecule has 1 amide bonds. The number of aryl methyl sites for hydroxylation is 1. The molecule has 1 aliphatic rings. The molecule has 1 saturated heterocycles. The fourth-order valence-electron chi connectivity index (χ4n) is 2.76. The molecule has 1 unspecified atom stereocenters. The van der Waals surface area contributed by atoms with Crippen molar-refractivity contribution in [2.24, 2.45) is 5.92 Å². The number of ether oxygens (including phenoxy) is 1. The largest absolute Gasteiger partial charge is 0.466 e. The second-order valence-electron chi connectivity index (χ2n) is 5.60.